The van der Waals surface area contributed by atoms with E-state index in [0.29, 0.717) is 5.02 Å². The summed E-state index contributed by atoms with van der Waals surface area (Å²) in [5, 5.41) is 0.695. The topological polar surface area (TPSA) is 53.1 Å². The number of fused-ring (bicyclic) bond motifs is 1. The van der Waals surface area contributed by atoms with Crippen LogP contribution in [0.5, 0.6) is 0 Å². The van der Waals surface area contributed by atoms with E-state index in [9.17, 15) is 0 Å². The van der Waals surface area contributed by atoms with Crippen LogP contribution in [0.4, 0.5) is 0 Å². The van der Waals surface area contributed by atoms with Gasteiger partial charge >= 0.3 is 0 Å². The highest BCUT2D eigenvalue weighted by molar-refractivity contribution is 6.31. The van der Waals surface area contributed by atoms with Crippen LogP contribution >= 0.6 is 11.6 Å². The molecule has 2 N–H and O–H groups in total. The van der Waals surface area contributed by atoms with E-state index in [1.54, 1.807) is 7.11 Å². The zero-order valence-electron chi connectivity index (χ0n) is 10.7. The first-order valence-electron chi connectivity index (χ1n) is 6.00. The van der Waals surface area contributed by atoms with Crippen molar-refractivity contribution < 1.29 is 4.74 Å². The van der Waals surface area contributed by atoms with Crippen LogP contribution in [0.2, 0.25) is 5.02 Å². The molecule has 0 spiro atoms. The first-order chi connectivity index (χ1) is 8.63. The maximum absolute atomic E-state index is 6.17. The Kier molecular flexibility index (Phi) is 4.22. The summed E-state index contributed by atoms with van der Waals surface area (Å²) in [7, 11) is 3.68. The predicted molar refractivity (Wildman–Crippen MR) is 73.8 cm³/mol. The van der Waals surface area contributed by atoms with Crippen molar-refractivity contribution in [2.45, 2.75) is 18.9 Å². The van der Waals surface area contributed by atoms with Gasteiger partial charge in [-0.25, -0.2) is 4.98 Å². The number of hydrogen-bond acceptors (Lipinski definition) is 3. The molecule has 2 aromatic rings. The quantitative estimate of drug-likeness (QED) is 0.848. The number of nitrogens with zero attached hydrogens (tertiary/aromatic N) is 2. The van der Waals surface area contributed by atoms with E-state index in [-0.39, 0.29) is 6.04 Å². The van der Waals surface area contributed by atoms with E-state index in [1.807, 2.05) is 29.8 Å². The highest BCUT2D eigenvalue weighted by Crippen LogP contribution is 2.23. The Bertz CT molecular complexity index is 538. The van der Waals surface area contributed by atoms with Gasteiger partial charge in [0, 0.05) is 25.8 Å². The van der Waals surface area contributed by atoms with Gasteiger partial charge in [-0.1, -0.05) is 11.6 Å². The summed E-state index contributed by atoms with van der Waals surface area (Å²) < 4.78 is 7.06. The molecule has 0 aliphatic heterocycles. The normalized spacial score (nSPS) is 13.1. The largest absolute Gasteiger partial charge is 0.385 e. The first kappa shape index (κ1) is 13.3. The molecule has 0 fully saturated rings. The summed E-state index contributed by atoms with van der Waals surface area (Å²) >= 11 is 5.97. The van der Waals surface area contributed by atoms with Gasteiger partial charge in [-0.2, -0.15) is 0 Å². The molecule has 5 heteroatoms. The smallest absolute Gasteiger partial charge is 0.126 e. The van der Waals surface area contributed by atoms with E-state index in [4.69, 9.17) is 22.1 Å². The summed E-state index contributed by atoms with van der Waals surface area (Å²) in [6, 6.07) is 5.63. The Morgan fingerprint density at radius 2 is 2.28 bits per heavy atom. The van der Waals surface area contributed by atoms with Crippen molar-refractivity contribution >= 4 is 22.6 Å². The molecule has 1 aromatic carbocycles. The number of aryl methyl sites for hydroxylation is 1. The van der Waals surface area contributed by atoms with Gasteiger partial charge in [0.25, 0.3) is 0 Å². The number of ether oxygens (including phenoxy) is 1. The Morgan fingerprint density at radius 3 is 3.00 bits per heavy atom. The van der Waals surface area contributed by atoms with E-state index in [1.165, 1.54) is 0 Å². The monoisotopic (exact) mass is 267 g/mol. The van der Waals surface area contributed by atoms with E-state index >= 15 is 0 Å². The summed E-state index contributed by atoms with van der Waals surface area (Å²) in [6.07, 6.45) is 1.79. The fraction of sp³-hybridized carbons (Fsp3) is 0.462. The molecule has 1 heterocycles. The highest BCUT2D eigenvalue weighted by Gasteiger charge is 2.14. The number of nitrogens with two attached hydrogens (primary N) is 1. The van der Waals surface area contributed by atoms with Crippen molar-refractivity contribution in [3.05, 3.63) is 29.0 Å². The van der Waals surface area contributed by atoms with Crippen molar-refractivity contribution in [2.24, 2.45) is 12.8 Å². The third kappa shape index (κ3) is 2.66. The van der Waals surface area contributed by atoms with Crippen molar-refractivity contribution in [3.8, 4) is 0 Å². The summed E-state index contributed by atoms with van der Waals surface area (Å²) in [5.41, 5.74) is 8.11. The van der Waals surface area contributed by atoms with Gasteiger partial charge in [-0.05, 0) is 31.0 Å². The number of aromatic nitrogens is 2. The van der Waals surface area contributed by atoms with Crippen LogP contribution in [0.1, 0.15) is 24.7 Å². The molecular formula is C13H18ClN3O. The molecule has 2 rings (SSSR count). The van der Waals surface area contributed by atoms with Crippen molar-refractivity contribution in [1.82, 2.24) is 9.55 Å². The summed E-state index contributed by atoms with van der Waals surface area (Å²) in [4.78, 5) is 4.56. The van der Waals surface area contributed by atoms with Gasteiger partial charge in [0.2, 0.25) is 0 Å². The maximum Gasteiger partial charge on any atom is 0.126 e. The predicted octanol–water partition coefficient (Wildman–Crippen LogP) is 2.65. The lowest BCUT2D eigenvalue weighted by Crippen LogP contribution is -2.15. The van der Waals surface area contributed by atoms with Crippen LogP contribution in [-0.4, -0.2) is 23.3 Å². The van der Waals surface area contributed by atoms with Gasteiger partial charge in [-0.3, -0.25) is 0 Å². The molecule has 0 amide bonds. The molecule has 4 nitrogen and oxygen atoms in total. The average molecular weight is 268 g/mol. The van der Waals surface area contributed by atoms with Gasteiger partial charge in [0.05, 0.1) is 17.1 Å². The zero-order chi connectivity index (χ0) is 13.1. The van der Waals surface area contributed by atoms with Gasteiger partial charge in [0.15, 0.2) is 0 Å². The number of halogens is 1. The number of benzene rings is 1. The number of methoxy groups -OCH3 is 1. The lowest BCUT2D eigenvalue weighted by atomic mass is 10.1. The molecule has 0 radical (unpaired) electrons. The maximum atomic E-state index is 6.17. The van der Waals surface area contributed by atoms with Crippen LogP contribution in [0.3, 0.4) is 0 Å². The lowest BCUT2D eigenvalue weighted by molar-refractivity contribution is 0.190. The van der Waals surface area contributed by atoms with Crippen molar-refractivity contribution in [2.75, 3.05) is 13.7 Å². The lowest BCUT2D eigenvalue weighted by Gasteiger charge is -2.11. The van der Waals surface area contributed by atoms with Crippen LogP contribution in [0, 0.1) is 0 Å². The molecule has 1 aromatic heterocycles. The fourth-order valence-electron chi connectivity index (χ4n) is 2.10. The average Bonchev–Trinajstić information content (AvgIpc) is 2.66. The Hall–Kier alpha value is -1.10. The van der Waals surface area contributed by atoms with Crippen LogP contribution in [-0.2, 0) is 11.8 Å². The minimum absolute atomic E-state index is 0.0728. The molecule has 1 unspecified atom stereocenters. The minimum Gasteiger partial charge on any atom is -0.385 e. The molecule has 0 saturated heterocycles. The van der Waals surface area contributed by atoms with Crippen LogP contribution < -0.4 is 5.73 Å². The van der Waals surface area contributed by atoms with E-state index < -0.39 is 0 Å². The van der Waals surface area contributed by atoms with Gasteiger partial charge < -0.3 is 15.0 Å². The fourth-order valence-corrected chi connectivity index (χ4v) is 2.27. The van der Waals surface area contributed by atoms with Gasteiger partial charge in [0.1, 0.15) is 5.82 Å². The Morgan fingerprint density at radius 1 is 1.50 bits per heavy atom. The Labute approximate surface area is 112 Å². The van der Waals surface area contributed by atoms with Crippen LogP contribution in [0.25, 0.3) is 11.0 Å². The molecule has 1 atom stereocenters. The summed E-state index contributed by atoms with van der Waals surface area (Å²) in [6.45, 7) is 0.726. The standard InChI is InChI=1S/C13H18ClN3O/c1-17-12-6-5-9(14)8-11(12)16-13(17)10(15)4-3-7-18-2/h5-6,8,10H,3-4,7,15H2,1-2H3. The zero-order valence-corrected chi connectivity index (χ0v) is 11.4. The van der Waals surface area contributed by atoms with Crippen LogP contribution in [0.15, 0.2) is 18.2 Å². The minimum atomic E-state index is -0.0728. The third-order valence-corrected chi connectivity index (χ3v) is 3.31. The van der Waals surface area contributed by atoms with E-state index in [0.717, 1.165) is 36.3 Å². The molecule has 0 saturated carbocycles. The third-order valence-electron chi connectivity index (χ3n) is 3.07. The SMILES string of the molecule is COCCCC(N)c1nc2cc(Cl)ccc2n1C. The van der Waals surface area contributed by atoms with Crippen molar-refractivity contribution in [1.29, 1.82) is 0 Å². The molecule has 0 aliphatic rings. The Balaban J connectivity index is 2.25. The van der Waals surface area contributed by atoms with Crippen molar-refractivity contribution in [3.63, 3.8) is 0 Å². The highest BCUT2D eigenvalue weighted by atomic mass is 35.5. The second kappa shape index (κ2) is 5.69. The van der Waals surface area contributed by atoms with Gasteiger partial charge in [-0.15, -0.1) is 0 Å². The molecule has 18 heavy (non-hydrogen) atoms. The second-order valence-corrected chi connectivity index (χ2v) is 4.84. The number of rotatable bonds is 5. The molecule has 0 bridgehead atoms. The second-order valence-electron chi connectivity index (χ2n) is 4.40. The molecule has 0 aliphatic carbocycles. The number of imidazole rings is 1. The summed E-state index contributed by atoms with van der Waals surface area (Å²) in [5.74, 6) is 0.892. The molecular weight excluding hydrogens is 250 g/mol. The first-order valence-corrected chi connectivity index (χ1v) is 6.37. The molecule has 98 valence electrons. The van der Waals surface area contributed by atoms with E-state index in [2.05, 4.69) is 4.98 Å². The number of hydrogen-bond donors (Lipinski definition) is 1.